The summed E-state index contributed by atoms with van der Waals surface area (Å²) in [6.45, 7) is 2.36. The Bertz CT molecular complexity index is 416. The summed E-state index contributed by atoms with van der Waals surface area (Å²) < 4.78 is 21.3. The predicted octanol–water partition coefficient (Wildman–Crippen LogP) is -0.623. The van der Waals surface area contributed by atoms with Crippen molar-refractivity contribution < 1.29 is 38.7 Å². The van der Waals surface area contributed by atoms with Crippen LogP contribution in [-0.4, -0.2) is 69.7 Å². The Kier molecular flexibility index (Phi) is 10.8. The maximum Gasteiger partial charge on any atom is 0.320 e. The van der Waals surface area contributed by atoms with E-state index < -0.39 is 38.8 Å². The van der Waals surface area contributed by atoms with Crippen LogP contribution in [0.2, 0.25) is 0 Å². The number of carboxylic acid groups (broad SMARTS) is 2. The van der Waals surface area contributed by atoms with Crippen molar-refractivity contribution in [3.8, 4) is 0 Å². The Morgan fingerprint density at radius 3 is 1.23 bits per heavy atom. The molecule has 0 spiro atoms. The van der Waals surface area contributed by atoms with Gasteiger partial charge in [-0.05, 0) is 12.8 Å². The zero-order chi connectivity index (χ0) is 18.1. The number of carboxylic acids is 2. The van der Waals surface area contributed by atoms with Gasteiger partial charge in [0.05, 0.1) is 0 Å². The van der Waals surface area contributed by atoms with Crippen LogP contribution in [0.4, 0.5) is 0 Å². The number of hydrogen-bond donors (Lipinski definition) is 6. The molecule has 0 saturated carbocycles. The van der Waals surface area contributed by atoms with Gasteiger partial charge in [0.25, 0.3) is 0 Å². The third-order valence-electron chi connectivity index (χ3n) is 2.34. The molecule has 0 heterocycles. The molecule has 8 N–H and O–H groups in total. The smallest absolute Gasteiger partial charge is 0.320 e. The third kappa shape index (κ3) is 17.3. The summed E-state index contributed by atoms with van der Waals surface area (Å²) in [7, 11) is -6.21. The highest BCUT2D eigenvalue weighted by atomic mass is 31.2. The predicted molar refractivity (Wildman–Crippen MR) is 81.7 cm³/mol. The molecular formula is C10H24N2O8P2. The fourth-order valence-electron chi connectivity index (χ4n) is 1.00. The molecule has 4 unspecified atom stereocenters. The highest BCUT2D eigenvalue weighted by Gasteiger charge is 2.17. The van der Waals surface area contributed by atoms with Crippen molar-refractivity contribution >= 4 is 26.7 Å². The zero-order valence-electron chi connectivity index (χ0n) is 12.5. The summed E-state index contributed by atoms with van der Waals surface area (Å²) in [5.74, 6) is -2.28. The van der Waals surface area contributed by atoms with E-state index in [1.807, 2.05) is 0 Å². The summed E-state index contributed by atoms with van der Waals surface area (Å²) in [5.41, 5.74) is 10.2. The van der Waals surface area contributed by atoms with E-state index in [0.717, 1.165) is 0 Å². The van der Waals surface area contributed by atoms with Gasteiger partial charge in [-0.25, -0.2) is 0 Å². The van der Waals surface area contributed by atoms with Gasteiger partial charge < -0.3 is 31.5 Å². The monoisotopic (exact) mass is 362 g/mol. The van der Waals surface area contributed by atoms with E-state index in [0.29, 0.717) is 0 Å². The summed E-state index contributed by atoms with van der Waals surface area (Å²) >= 11 is 0. The Morgan fingerprint density at radius 2 is 1.09 bits per heavy atom. The third-order valence-corrected chi connectivity index (χ3v) is 4.52. The topological polar surface area (TPSA) is 201 Å². The molecule has 12 heteroatoms. The molecule has 132 valence electrons. The molecule has 0 rings (SSSR count). The van der Waals surface area contributed by atoms with Crippen molar-refractivity contribution in [2.24, 2.45) is 11.5 Å². The normalized spacial score (nSPS) is 18.8. The fraction of sp³-hybridized carbons (Fsp3) is 0.800. The van der Waals surface area contributed by atoms with Crippen LogP contribution in [0.1, 0.15) is 12.8 Å². The van der Waals surface area contributed by atoms with E-state index >= 15 is 0 Å². The molecule has 0 bridgehead atoms. The van der Waals surface area contributed by atoms with Crippen LogP contribution >= 0.6 is 14.7 Å². The molecule has 0 fully saturated rings. The lowest BCUT2D eigenvalue weighted by Crippen LogP contribution is -2.30. The lowest BCUT2D eigenvalue weighted by molar-refractivity contribution is -0.139. The molecule has 0 aliphatic rings. The first-order chi connectivity index (χ1) is 9.65. The Morgan fingerprint density at radius 1 is 0.864 bits per heavy atom. The van der Waals surface area contributed by atoms with E-state index in [-0.39, 0.29) is 25.2 Å². The van der Waals surface area contributed by atoms with Crippen molar-refractivity contribution in [1.29, 1.82) is 0 Å². The van der Waals surface area contributed by atoms with E-state index in [4.69, 9.17) is 31.5 Å². The molecule has 0 saturated heterocycles. The summed E-state index contributed by atoms with van der Waals surface area (Å²) in [4.78, 5) is 37.8. The highest BCUT2D eigenvalue weighted by Crippen LogP contribution is 2.36. The summed E-state index contributed by atoms with van der Waals surface area (Å²) in [6.07, 6.45) is 0.000154. The second-order valence-corrected chi connectivity index (χ2v) is 10.1. The summed E-state index contributed by atoms with van der Waals surface area (Å²) in [5, 5.41) is 16.6. The number of aliphatic carboxylic acids is 2. The molecule has 10 nitrogen and oxygen atoms in total. The molecule has 4 atom stereocenters. The SMILES string of the molecule is CP(=O)(O)CCC(N)C(=O)O.CP(=O)(O)CCC(N)C(=O)O. The first-order valence-electron chi connectivity index (χ1n) is 6.21. The van der Waals surface area contributed by atoms with Crippen molar-refractivity contribution in [3.63, 3.8) is 0 Å². The van der Waals surface area contributed by atoms with E-state index in [1.54, 1.807) is 0 Å². The maximum absolute atomic E-state index is 10.6. The lowest BCUT2D eigenvalue weighted by atomic mass is 10.2. The Labute approximate surface area is 128 Å². The van der Waals surface area contributed by atoms with Gasteiger partial charge in [-0.1, -0.05) is 0 Å². The molecule has 22 heavy (non-hydrogen) atoms. The number of rotatable bonds is 8. The largest absolute Gasteiger partial charge is 0.480 e. The standard InChI is InChI=1S/2C5H12NO4P/c2*1-11(9,10)3-2-4(6)5(7)8/h2*4H,2-3,6H2,1H3,(H,7,8)(H,9,10). The second-order valence-electron chi connectivity index (χ2n) is 5.02. The molecule has 0 aromatic carbocycles. The number of carbonyl (C=O) groups is 2. The minimum atomic E-state index is -3.10. The van der Waals surface area contributed by atoms with Crippen LogP contribution in [0.25, 0.3) is 0 Å². The van der Waals surface area contributed by atoms with Gasteiger partial charge in [0, 0.05) is 25.7 Å². The van der Waals surface area contributed by atoms with Gasteiger partial charge in [-0.3, -0.25) is 18.7 Å². The fourth-order valence-corrected chi connectivity index (χ4v) is 2.52. The number of hydrogen-bond acceptors (Lipinski definition) is 6. The number of nitrogens with two attached hydrogens (primary N) is 2. The molecule has 0 amide bonds. The maximum atomic E-state index is 10.6. The molecule has 0 aromatic heterocycles. The Hall–Kier alpha value is -0.760. The molecule has 0 radical (unpaired) electrons. The van der Waals surface area contributed by atoms with Gasteiger partial charge in [-0.2, -0.15) is 0 Å². The van der Waals surface area contributed by atoms with Crippen molar-refractivity contribution in [1.82, 2.24) is 0 Å². The van der Waals surface area contributed by atoms with Crippen LogP contribution in [0.5, 0.6) is 0 Å². The van der Waals surface area contributed by atoms with Gasteiger partial charge in [0.2, 0.25) is 0 Å². The molecule has 0 aromatic rings. The van der Waals surface area contributed by atoms with Crippen molar-refractivity contribution in [3.05, 3.63) is 0 Å². The molecular weight excluding hydrogens is 338 g/mol. The van der Waals surface area contributed by atoms with E-state index in [2.05, 4.69) is 0 Å². The lowest BCUT2D eigenvalue weighted by Gasteiger charge is -2.07. The van der Waals surface area contributed by atoms with Crippen LogP contribution < -0.4 is 11.5 Å². The van der Waals surface area contributed by atoms with Gasteiger partial charge in [-0.15, -0.1) is 0 Å². The van der Waals surface area contributed by atoms with Crippen LogP contribution in [0.3, 0.4) is 0 Å². The summed E-state index contributed by atoms with van der Waals surface area (Å²) in [6, 6.07) is -2.06. The molecule has 0 aliphatic carbocycles. The minimum absolute atomic E-state index is 0.0412. The van der Waals surface area contributed by atoms with Gasteiger partial charge in [0.15, 0.2) is 14.7 Å². The minimum Gasteiger partial charge on any atom is -0.480 e. The van der Waals surface area contributed by atoms with Crippen LogP contribution in [0, 0.1) is 0 Å². The van der Waals surface area contributed by atoms with E-state index in [1.165, 1.54) is 13.3 Å². The molecule has 0 aliphatic heterocycles. The second kappa shape index (κ2) is 10.1. The zero-order valence-corrected chi connectivity index (χ0v) is 14.2. The average molecular weight is 362 g/mol. The first kappa shape index (κ1) is 23.5. The van der Waals surface area contributed by atoms with Crippen LogP contribution in [-0.2, 0) is 18.7 Å². The van der Waals surface area contributed by atoms with Crippen molar-refractivity contribution in [2.75, 3.05) is 25.7 Å². The van der Waals surface area contributed by atoms with Crippen LogP contribution in [0.15, 0.2) is 0 Å². The average Bonchev–Trinajstić information content (AvgIpc) is 2.31. The quantitative estimate of drug-likeness (QED) is 0.302. The first-order valence-corrected chi connectivity index (χ1v) is 10.8. The van der Waals surface area contributed by atoms with Gasteiger partial charge in [0.1, 0.15) is 12.1 Å². The van der Waals surface area contributed by atoms with Gasteiger partial charge >= 0.3 is 11.9 Å². The Balaban J connectivity index is 0. The van der Waals surface area contributed by atoms with E-state index in [9.17, 15) is 18.7 Å². The highest BCUT2D eigenvalue weighted by molar-refractivity contribution is 7.57. The van der Waals surface area contributed by atoms with Crippen molar-refractivity contribution in [2.45, 2.75) is 24.9 Å².